The Kier molecular flexibility index (Phi) is 6.67. The molecule has 0 unspecified atom stereocenters. The zero-order valence-electron chi connectivity index (χ0n) is 18.7. The largest absolute Gasteiger partial charge is 0.454 e. The Labute approximate surface area is 204 Å². The number of carbonyl (C=O) groups excluding carboxylic acids is 1. The summed E-state index contributed by atoms with van der Waals surface area (Å²) in [6.45, 7) is 0.599. The van der Waals surface area contributed by atoms with Gasteiger partial charge in [-0.05, 0) is 48.4 Å². The van der Waals surface area contributed by atoms with Crippen LogP contribution in [0.4, 0.5) is 4.39 Å². The van der Waals surface area contributed by atoms with Gasteiger partial charge in [-0.2, -0.15) is 0 Å². The van der Waals surface area contributed by atoms with Crippen molar-refractivity contribution in [3.8, 4) is 17.2 Å². The molecule has 1 amide bonds. The van der Waals surface area contributed by atoms with Gasteiger partial charge in [0.1, 0.15) is 5.82 Å². The van der Waals surface area contributed by atoms with Crippen LogP contribution in [0, 0.1) is 5.82 Å². The predicted molar refractivity (Wildman–Crippen MR) is 132 cm³/mol. The molecule has 35 heavy (non-hydrogen) atoms. The third kappa shape index (κ3) is 5.00. The minimum Gasteiger partial charge on any atom is -0.454 e. The molecule has 0 radical (unpaired) electrons. The predicted octanol–water partition coefficient (Wildman–Crippen LogP) is 4.44. The van der Waals surface area contributed by atoms with Crippen molar-refractivity contribution in [1.82, 2.24) is 14.9 Å². The summed E-state index contributed by atoms with van der Waals surface area (Å²) in [5.41, 5.74) is 1.30. The quantitative estimate of drug-likeness (QED) is 0.223. The molecule has 1 aliphatic heterocycles. The molecule has 2 heterocycles. The zero-order chi connectivity index (χ0) is 24.2. The van der Waals surface area contributed by atoms with Crippen LogP contribution in [0.15, 0.2) is 76.7 Å². The minimum absolute atomic E-state index is 0.0822. The highest BCUT2D eigenvalue weighted by Gasteiger charge is 2.16. The molecule has 1 N–H and O–H groups in total. The van der Waals surface area contributed by atoms with Gasteiger partial charge in [0.25, 0.3) is 5.56 Å². The van der Waals surface area contributed by atoms with Crippen LogP contribution in [0.1, 0.15) is 18.4 Å². The van der Waals surface area contributed by atoms with Crippen molar-refractivity contribution < 1.29 is 18.7 Å². The molecule has 0 aliphatic carbocycles. The smallest absolute Gasteiger partial charge is 0.266 e. The van der Waals surface area contributed by atoms with E-state index >= 15 is 0 Å². The second-order valence-corrected chi connectivity index (χ2v) is 8.98. The maximum Gasteiger partial charge on any atom is 0.266 e. The first-order valence-corrected chi connectivity index (χ1v) is 12.1. The third-order valence-corrected chi connectivity index (χ3v) is 6.57. The molecule has 1 aromatic heterocycles. The second-order valence-electron chi connectivity index (χ2n) is 7.92. The number of nitrogens with zero attached hydrogens (tertiary/aromatic N) is 2. The number of fused-ring (bicyclic) bond motifs is 2. The highest BCUT2D eigenvalue weighted by atomic mass is 32.2. The van der Waals surface area contributed by atoms with Crippen molar-refractivity contribution in [1.29, 1.82) is 0 Å². The van der Waals surface area contributed by atoms with E-state index in [1.807, 2.05) is 18.2 Å². The van der Waals surface area contributed by atoms with Crippen LogP contribution < -0.4 is 20.3 Å². The maximum absolute atomic E-state index is 14.6. The van der Waals surface area contributed by atoms with E-state index in [1.54, 1.807) is 42.5 Å². The van der Waals surface area contributed by atoms with E-state index in [4.69, 9.17) is 9.47 Å². The van der Waals surface area contributed by atoms with Crippen LogP contribution >= 0.6 is 11.8 Å². The Balaban J connectivity index is 1.23. The number of amides is 1. The molecular formula is C26H22FN3O4S. The molecule has 0 spiro atoms. The zero-order valence-corrected chi connectivity index (χ0v) is 19.5. The lowest BCUT2D eigenvalue weighted by Gasteiger charge is -2.13. The average Bonchev–Trinajstić information content (AvgIpc) is 3.34. The van der Waals surface area contributed by atoms with Gasteiger partial charge in [-0.25, -0.2) is 9.37 Å². The molecule has 1 aliphatic rings. The summed E-state index contributed by atoms with van der Waals surface area (Å²) in [7, 11) is 0. The first kappa shape index (κ1) is 22.9. The first-order valence-electron chi connectivity index (χ1n) is 11.1. The Bertz CT molecular complexity index is 1460. The summed E-state index contributed by atoms with van der Waals surface area (Å²) in [6, 6.07) is 18.7. The summed E-state index contributed by atoms with van der Waals surface area (Å²) in [5.74, 6) is 1.33. The SMILES string of the molecule is O=C(CCCSc1nc2ccccc2c(=O)n1-c1ccccc1F)NCc1ccc2c(c1)OCO2. The molecule has 5 rings (SSSR count). The topological polar surface area (TPSA) is 82.5 Å². The summed E-state index contributed by atoms with van der Waals surface area (Å²) in [4.78, 5) is 30.1. The van der Waals surface area contributed by atoms with E-state index < -0.39 is 5.82 Å². The van der Waals surface area contributed by atoms with Gasteiger partial charge in [-0.1, -0.05) is 42.1 Å². The van der Waals surface area contributed by atoms with E-state index in [2.05, 4.69) is 10.3 Å². The van der Waals surface area contributed by atoms with E-state index in [1.165, 1.54) is 22.4 Å². The summed E-state index contributed by atoms with van der Waals surface area (Å²) in [5, 5.41) is 3.71. The highest BCUT2D eigenvalue weighted by molar-refractivity contribution is 7.99. The van der Waals surface area contributed by atoms with Crippen molar-refractivity contribution in [2.24, 2.45) is 0 Å². The summed E-state index contributed by atoms with van der Waals surface area (Å²) >= 11 is 1.32. The van der Waals surface area contributed by atoms with Crippen LogP contribution in [0.25, 0.3) is 16.6 Å². The lowest BCUT2D eigenvalue weighted by Crippen LogP contribution is -2.23. The van der Waals surface area contributed by atoms with Gasteiger partial charge in [0, 0.05) is 18.7 Å². The van der Waals surface area contributed by atoms with Crippen LogP contribution in [0.3, 0.4) is 0 Å². The number of aromatic nitrogens is 2. The monoisotopic (exact) mass is 491 g/mol. The molecule has 4 aromatic rings. The molecule has 0 saturated carbocycles. The molecular weight excluding hydrogens is 469 g/mol. The number of benzene rings is 3. The number of nitrogens with one attached hydrogen (secondary N) is 1. The van der Waals surface area contributed by atoms with Gasteiger partial charge >= 0.3 is 0 Å². The molecule has 9 heteroatoms. The summed E-state index contributed by atoms with van der Waals surface area (Å²) in [6.07, 6.45) is 0.882. The Hall–Kier alpha value is -3.85. The number of carbonyl (C=O) groups is 1. The van der Waals surface area contributed by atoms with E-state index in [0.29, 0.717) is 52.7 Å². The van der Waals surface area contributed by atoms with Crippen molar-refractivity contribution in [2.75, 3.05) is 12.5 Å². The molecule has 0 fully saturated rings. The maximum atomic E-state index is 14.6. The summed E-state index contributed by atoms with van der Waals surface area (Å²) < 4.78 is 26.5. The van der Waals surface area contributed by atoms with E-state index in [0.717, 1.165) is 5.56 Å². The molecule has 0 saturated heterocycles. The third-order valence-electron chi connectivity index (χ3n) is 5.54. The number of thioether (sulfide) groups is 1. The molecule has 0 bridgehead atoms. The number of halogens is 1. The average molecular weight is 492 g/mol. The first-order chi connectivity index (χ1) is 17.1. The normalized spacial score (nSPS) is 12.1. The molecule has 7 nitrogen and oxygen atoms in total. The van der Waals surface area contributed by atoms with Crippen LogP contribution in [0.5, 0.6) is 11.5 Å². The highest BCUT2D eigenvalue weighted by Crippen LogP contribution is 2.32. The standard InChI is InChI=1S/C26H22FN3O4S/c27-19-7-2-4-9-21(19)30-25(32)18-6-1-3-8-20(18)29-26(30)35-13-5-10-24(31)28-15-17-11-12-22-23(14-17)34-16-33-22/h1-4,6-9,11-12,14H,5,10,13,15-16H2,(H,28,31). The minimum atomic E-state index is -0.503. The Morgan fingerprint density at radius 3 is 2.74 bits per heavy atom. The van der Waals surface area contributed by atoms with E-state index in [9.17, 15) is 14.0 Å². The van der Waals surface area contributed by atoms with Gasteiger partial charge in [0.15, 0.2) is 16.7 Å². The fourth-order valence-corrected chi connectivity index (χ4v) is 4.74. The van der Waals surface area contributed by atoms with Crippen LogP contribution in [0.2, 0.25) is 0 Å². The van der Waals surface area contributed by atoms with Gasteiger partial charge in [0.2, 0.25) is 12.7 Å². The van der Waals surface area contributed by atoms with E-state index in [-0.39, 0.29) is 23.9 Å². The Morgan fingerprint density at radius 2 is 1.86 bits per heavy atom. The van der Waals surface area contributed by atoms with Gasteiger partial charge in [-0.15, -0.1) is 0 Å². The fourth-order valence-electron chi connectivity index (χ4n) is 3.79. The molecule has 178 valence electrons. The number of para-hydroxylation sites is 2. The lowest BCUT2D eigenvalue weighted by atomic mass is 10.2. The van der Waals surface area contributed by atoms with Gasteiger partial charge in [0.05, 0.1) is 16.6 Å². The fraction of sp³-hybridized carbons (Fsp3) is 0.192. The number of rotatable bonds is 8. The lowest BCUT2D eigenvalue weighted by molar-refractivity contribution is -0.121. The van der Waals surface area contributed by atoms with Crippen molar-refractivity contribution >= 4 is 28.6 Å². The van der Waals surface area contributed by atoms with Crippen molar-refractivity contribution in [3.63, 3.8) is 0 Å². The Morgan fingerprint density at radius 1 is 1.06 bits per heavy atom. The number of hydrogen-bond acceptors (Lipinski definition) is 6. The van der Waals surface area contributed by atoms with Gasteiger partial charge < -0.3 is 14.8 Å². The second kappa shape index (κ2) is 10.2. The van der Waals surface area contributed by atoms with Crippen molar-refractivity contribution in [2.45, 2.75) is 24.5 Å². The van der Waals surface area contributed by atoms with Crippen LogP contribution in [-0.4, -0.2) is 28.0 Å². The number of hydrogen-bond donors (Lipinski definition) is 1. The molecule has 3 aromatic carbocycles. The van der Waals surface area contributed by atoms with Crippen molar-refractivity contribution in [3.05, 3.63) is 88.5 Å². The number of ether oxygens (including phenoxy) is 2. The van der Waals surface area contributed by atoms with Crippen LogP contribution in [-0.2, 0) is 11.3 Å². The van der Waals surface area contributed by atoms with Gasteiger partial charge in [-0.3, -0.25) is 14.2 Å². The molecule has 0 atom stereocenters.